The van der Waals surface area contributed by atoms with Gasteiger partial charge in [-0.3, -0.25) is 0 Å². The van der Waals surface area contributed by atoms with Gasteiger partial charge in [0.25, 0.3) is 0 Å². The Morgan fingerprint density at radius 3 is 1.43 bits per heavy atom. The molecule has 0 unspecified atom stereocenters. The average molecular weight is 295 g/mol. The van der Waals surface area contributed by atoms with Gasteiger partial charge in [-0.2, -0.15) is 0 Å². The molecule has 21 heavy (non-hydrogen) atoms. The van der Waals surface area contributed by atoms with E-state index in [1.807, 2.05) is 91.8 Å². The summed E-state index contributed by atoms with van der Waals surface area (Å²) in [5.41, 5.74) is 2.07. The largest absolute Gasteiger partial charge is 0.106 e. The monoisotopic (exact) mass is 294 g/mol. The van der Waals surface area contributed by atoms with E-state index in [2.05, 4.69) is 26.3 Å². The maximum atomic E-state index is 3.91. The van der Waals surface area contributed by atoms with Crippen LogP contribution >= 0.6 is 0 Å². The Hall–Kier alpha value is -1.56. The highest BCUT2D eigenvalue weighted by atomic mass is 13.9. The molecule has 0 heteroatoms. The van der Waals surface area contributed by atoms with Crippen molar-refractivity contribution >= 4 is 0 Å². The van der Waals surface area contributed by atoms with E-state index in [1.54, 1.807) is 0 Å². The summed E-state index contributed by atoms with van der Waals surface area (Å²) in [5, 5.41) is 0. The number of rotatable bonds is 4. The van der Waals surface area contributed by atoms with Gasteiger partial charge < -0.3 is 0 Å². The third-order valence-electron chi connectivity index (χ3n) is 1.50. The van der Waals surface area contributed by atoms with E-state index in [0.717, 1.165) is 11.1 Å². The molecule has 0 aromatic heterocycles. The second-order valence-corrected chi connectivity index (χ2v) is 2.36. The number of hydrogen-bond donors (Lipinski definition) is 0. The average Bonchev–Trinajstić information content (AvgIpc) is 2.56. The molecule has 0 N–H and O–H groups in total. The van der Waals surface area contributed by atoms with E-state index in [1.165, 1.54) is 0 Å². The van der Waals surface area contributed by atoms with E-state index in [4.69, 9.17) is 0 Å². The van der Waals surface area contributed by atoms with E-state index in [0.29, 0.717) is 0 Å². The van der Waals surface area contributed by atoms with Crippen molar-refractivity contribution in [2.75, 3.05) is 0 Å². The molecular weight excluding hydrogens is 252 g/mol. The van der Waals surface area contributed by atoms with Gasteiger partial charge in [-0.05, 0) is 25.0 Å². The van der Waals surface area contributed by atoms with E-state index < -0.39 is 0 Å². The molecule has 0 bridgehead atoms. The van der Waals surface area contributed by atoms with Crippen LogP contribution in [0.5, 0.6) is 0 Å². The van der Waals surface area contributed by atoms with Crippen molar-refractivity contribution in [3.8, 4) is 0 Å². The highest BCUT2D eigenvalue weighted by Gasteiger charge is 1.89. The third-order valence-corrected chi connectivity index (χ3v) is 1.50. The predicted molar refractivity (Wildman–Crippen MR) is 109 cm³/mol. The fourth-order valence-electron chi connectivity index (χ4n) is 0.813. The zero-order valence-corrected chi connectivity index (χ0v) is 15.3. The third kappa shape index (κ3) is 38.1. The lowest BCUT2D eigenvalue weighted by atomic mass is 10.1. The first-order chi connectivity index (χ1) is 9.76. The van der Waals surface area contributed by atoms with Crippen molar-refractivity contribution in [2.24, 2.45) is 0 Å². The quantitative estimate of drug-likeness (QED) is 0.361. The molecule has 0 fully saturated rings. The van der Waals surface area contributed by atoms with Gasteiger partial charge >= 0.3 is 0 Å². The Morgan fingerprint density at radius 1 is 0.810 bits per heavy atom. The zero-order chi connectivity index (χ0) is 17.4. The van der Waals surface area contributed by atoms with Crippen LogP contribution in [-0.4, -0.2) is 0 Å². The fraction of sp³-hybridized carbons (Fsp3) is 0.429. The standard InChI is InChI=1S/C12H16.3C2H6.C2H4.CH4/c1-5-8-9-10-11(4)12(6-2)7-3;4*1-2;/h5-10H,2,4H2,1,3H3;3*1-2H3;1-2H2;1H4/b8-5-,10-9-,12-7+;;;;;. The summed E-state index contributed by atoms with van der Waals surface area (Å²) in [6, 6.07) is 0. The van der Waals surface area contributed by atoms with Gasteiger partial charge in [0, 0.05) is 0 Å². The van der Waals surface area contributed by atoms with Gasteiger partial charge in [-0.25, -0.2) is 0 Å². The van der Waals surface area contributed by atoms with E-state index >= 15 is 0 Å². The first-order valence-electron chi connectivity index (χ1n) is 7.53. The molecule has 0 radical (unpaired) electrons. The Balaban J connectivity index is -0.0000000537. The van der Waals surface area contributed by atoms with Gasteiger partial charge in [-0.1, -0.05) is 98.6 Å². The molecule has 126 valence electrons. The summed E-state index contributed by atoms with van der Waals surface area (Å²) in [6.45, 7) is 29.6. The lowest BCUT2D eigenvalue weighted by Gasteiger charge is -1.97. The van der Waals surface area contributed by atoms with Gasteiger partial charge in [0.05, 0.1) is 0 Å². The molecule has 0 aliphatic carbocycles. The van der Waals surface area contributed by atoms with E-state index in [9.17, 15) is 0 Å². The van der Waals surface area contributed by atoms with Gasteiger partial charge in [0.15, 0.2) is 0 Å². The Bertz CT molecular complexity index is 249. The maximum Gasteiger partial charge on any atom is -0.0239 e. The van der Waals surface area contributed by atoms with Crippen molar-refractivity contribution in [1.29, 1.82) is 0 Å². The maximum absolute atomic E-state index is 3.91. The summed E-state index contributed by atoms with van der Waals surface area (Å²) in [7, 11) is 0. The smallest absolute Gasteiger partial charge is 0.0239 e. The second-order valence-electron chi connectivity index (χ2n) is 2.36. The summed E-state index contributed by atoms with van der Waals surface area (Å²) >= 11 is 0. The zero-order valence-electron chi connectivity index (χ0n) is 15.3. The molecule has 0 saturated carbocycles. The molecule has 0 nitrogen and oxygen atoms in total. The van der Waals surface area contributed by atoms with Crippen LogP contribution in [0.3, 0.4) is 0 Å². The molecule has 0 amide bonds. The SMILES string of the molecule is C.C=C.C=C/C(=C\C)C(=C)/C=C\C=C/C.CC.CC.CC. The van der Waals surface area contributed by atoms with Crippen molar-refractivity contribution < 1.29 is 0 Å². The molecule has 0 aromatic rings. The summed E-state index contributed by atoms with van der Waals surface area (Å²) in [6.07, 6.45) is 11.7. The van der Waals surface area contributed by atoms with Crippen LogP contribution in [0, 0.1) is 0 Å². The Morgan fingerprint density at radius 2 is 1.19 bits per heavy atom. The molecule has 0 aliphatic heterocycles. The first-order valence-corrected chi connectivity index (χ1v) is 7.53. The van der Waals surface area contributed by atoms with Crippen molar-refractivity contribution in [1.82, 2.24) is 0 Å². The summed E-state index contributed by atoms with van der Waals surface area (Å²) in [5.74, 6) is 0. The molecule has 0 atom stereocenters. The topological polar surface area (TPSA) is 0 Å². The van der Waals surface area contributed by atoms with Gasteiger partial charge in [-0.15, -0.1) is 13.2 Å². The first kappa shape index (κ1) is 36.6. The van der Waals surface area contributed by atoms with Crippen LogP contribution in [0.1, 0.15) is 62.8 Å². The number of hydrogen-bond acceptors (Lipinski definition) is 0. The van der Waals surface area contributed by atoms with Crippen LogP contribution in [0.2, 0.25) is 0 Å². The molecule has 0 heterocycles. The van der Waals surface area contributed by atoms with Crippen molar-refractivity contribution in [3.05, 3.63) is 73.9 Å². The van der Waals surface area contributed by atoms with Crippen LogP contribution in [0.15, 0.2) is 73.9 Å². The second kappa shape index (κ2) is 51.5. The van der Waals surface area contributed by atoms with Crippen LogP contribution in [-0.2, 0) is 0 Å². The summed E-state index contributed by atoms with van der Waals surface area (Å²) in [4.78, 5) is 0. The van der Waals surface area contributed by atoms with E-state index in [-0.39, 0.29) is 7.43 Å². The molecule has 0 aliphatic rings. The van der Waals surface area contributed by atoms with Crippen molar-refractivity contribution in [2.45, 2.75) is 62.8 Å². The molecule has 0 spiro atoms. The highest BCUT2D eigenvalue weighted by Crippen LogP contribution is 2.09. The minimum atomic E-state index is 0. The van der Waals surface area contributed by atoms with Crippen molar-refractivity contribution in [3.63, 3.8) is 0 Å². The minimum absolute atomic E-state index is 0. The Labute approximate surface area is 137 Å². The van der Waals surface area contributed by atoms with Crippen LogP contribution in [0.4, 0.5) is 0 Å². The predicted octanol–water partition coefficient (Wildman–Crippen LogP) is 8.32. The molecule has 0 saturated heterocycles. The molecule has 0 rings (SSSR count). The van der Waals surface area contributed by atoms with Gasteiger partial charge in [0.1, 0.15) is 0 Å². The van der Waals surface area contributed by atoms with Gasteiger partial charge in [0.2, 0.25) is 0 Å². The number of allylic oxidation sites excluding steroid dienone is 8. The minimum Gasteiger partial charge on any atom is -0.106 e. The van der Waals surface area contributed by atoms with Crippen LogP contribution in [0.25, 0.3) is 0 Å². The lowest BCUT2D eigenvalue weighted by Crippen LogP contribution is -1.77. The lowest BCUT2D eigenvalue weighted by molar-refractivity contribution is 1.50. The summed E-state index contributed by atoms with van der Waals surface area (Å²) < 4.78 is 0. The normalized spacial score (nSPS) is 8.29. The van der Waals surface area contributed by atoms with Crippen LogP contribution < -0.4 is 0 Å². The highest BCUT2D eigenvalue weighted by molar-refractivity contribution is 5.44. The molecular formula is C21H42. The Kier molecular flexibility index (Phi) is 89.7. The fourth-order valence-corrected chi connectivity index (χ4v) is 0.813. The molecule has 0 aromatic carbocycles.